The normalized spacial score (nSPS) is 22.3. The van der Waals surface area contributed by atoms with E-state index in [0.717, 1.165) is 25.2 Å². The quantitative estimate of drug-likeness (QED) is 0.919. The summed E-state index contributed by atoms with van der Waals surface area (Å²) < 4.78 is 5.75. The van der Waals surface area contributed by atoms with Crippen LogP contribution in [0.3, 0.4) is 0 Å². The van der Waals surface area contributed by atoms with Crippen molar-refractivity contribution in [3.05, 3.63) is 52.2 Å². The minimum atomic E-state index is 0.0414. The Morgan fingerprint density at radius 2 is 2.11 bits per heavy atom. The molecule has 3 heteroatoms. The van der Waals surface area contributed by atoms with Gasteiger partial charge < -0.3 is 10.5 Å². The Morgan fingerprint density at radius 1 is 1.22 bits per heavy atom. The van der Waals surface area contributed by atoms with Gasteiger partial charge in [0.15, 0.2) is 0 Å². The van der Waals surface area contributed by atoms with Crippen LogP contribution in [0.25, 0.3) is 0 Å². The van der Waals surface area contributed by atoms with Crippen LogP contribution in [0, 0.1) is 0 Å². The summed E-state index contributed by atoms with van der Waals surface area (Å²) in [7, 11) is 0. The second kappa shape index (κ2) is 4.75. The molecular formula is C15H17NOS. The van der Waals surface area contributed by atoms with Gasteiger partial charge in [-0.15, -0.1) is 11.3 Å². The molecule has 0 fully saturated rings. The second-order valence-electron chi connectivity index (χ2n) is 4.84. The fraction of sp³-hybridized carbons (Fsp3) is 0.333. The summed E-state index contributed by atoms with van der Waals surface area (Å²) >= 11 is 1.81. The summed E-state index contributed by atoms with van der Waals surface area (Å²) in [6.45, 7) is 1.44. The SMILES string of the molecule is NCC1(Cc2cccs2)CCOc2ccccc21. The summed E-state index contributed by atoms with van der Waals surface area (Å²) in [5.74, 6) is 1.01. The van der Waals surface area contributed by atoms with E-state index in [-0.39, 0.29) is 5.41 Å². The van der Waals surface area contributed by atoms with E-state index in [2.05, 4.69) is 29.6 Å². The number of fused-ring (bicyclic) bond motifs is 1. The Hall–Kier alpha value is -1.32. The van der Waals surface area contributed by atoms with Crippen LogP contribution in [0.4, 0.5) is 0 Å². The first-order valence-corrected chi connectivity index (χ1v) is 7.17. The summed E-state index contributed by atoms with van der Waals surface area (Å²) in [5.41, 5.74) is 7.43. The van der Waals surface area contributed by atoms with Crippen molar-refractivity contribution in [1.29, 1.82) is 0 Å². The van der Waals surface area contributed by atoms with Gasteiger partial charge >= 0.3 is 0 Å². The lowest BCUT2D eigenvalue weighted by Crippen LogP contribution is -2.41. The largest absolute Gasteiger partial charge is 0.493 e. The first-order valence-electron chi connectivity index (χ1n) is 6.29. The molecule has 1 aromatic carbocycles. The molecule has 18 heavy (non-hydrogen) atoms. The van der Waals surface area contributed by atoms with E-state index in [1.54, 1.807) is 0 Å². The number of hydrogen-bond acceptors (Lipinski definition) is 3. The lowest BCUT2D eigenvalue weighted by atomic mass is 9.73. The molecule has 94 valence electrons. The minimum Gasteiger partial charge on any atom is -0.493 e. The number of rotatable bonds is 3. The Labute approximate surface area is 111 Å². The van der Waals surface area contributed by atoms with Gasteiger partial charge in [0.1, 0.15) is 5.75 Å². The molecule has 0 saturated carbocycles. The van der Waals surface area contributed by atoms with Crippen LogP contribution < -0.4 is 10.5 Å². The van der Waals surface area contributed by atoms with Crippen molar-refractivity contribution < 1.29 is 4.74 Å². The summed E-state index contributed by atoms with van der Waals surface area (Å²) in [6.07, 6.45) is 2.01. The van der Waals surface area contributed by atoms with E-state index in [4.69, 9.17) is 10.5 Å². The third-order valence-electron chi connectivity index (χ3n) is 3.78. The molecular weight excluding hydrogens is 242 g/mol. The van der Waals surface area contributed by atoms with Gasteiger partial charge in [-0.2, -0.15) is 0 Å². The molecule has 0 bridgehead atoms. The molecule has 1 aromatic heterocycles. The average molecular weight is 259 g/mol. The lowest BCUT2D eigenvalue weighted by Gasteiger charge is -2.37. The van der Waals surface area contributed by atoms with Gasteiger partial charge in [0, 0.05) is 22.4 Å². The average Bonchev–Trinajstić information content (AvgIpc) is 2.92. The first-order chi connectivity index (χ1) is 8.84. The Balaban J connectivity index is 2.02. The third kappa shape index (κ3) is 1.93. The summed E-state index contributed by atoms with van der Waals surface area (Å²) in [6, 6.07) is 12.6. The first kappa shape index (κ1) is 11.8. The van der Waals surface area contributed by atoms with Crippen LogP contribution in [-0.2, 0) is 11.8 Å². The maximum absolute atomic E-state index is 6.12. The highest BCUT2D eigenvalue weighted by atomic mass is 32.1. The summed E-state index contributed by atoms with van der Waals surface area (Å²) in [5, 5.41) is 2.13. The van der Waals surface area contributed by atoms with Crippen molar-refractivity contribution in [2.24, 2.45) is 5.73 Å². The molecule has 2 heterocycles. The van der Waals surface area contributed by atoms with E-state index < -0.39 is 0 Å². The lowest BCUT2D eigenvalue weighted by molar-refractivity contribution is 0.216. The highest BCUT2D eigenvalue weighted by Crippen LogP contribution is 2.41. The number of benzene rings is 1. The van der Waals surface area contributed by atoms with Gasteiger partial charge in [0.05, 0.1) is 6.61 Å². The van der Waals surface area contributed by atoms with E-state index >= 15 is 0 Å². The predicted molar refractivity (Wildman–Crippen MR) is 75.3 cm³/mol. The van der Waals surface area contributed by atoms with Crippen LogP contribution in [0.2, 0.25) is 0 Å². The van der Waals surface area contributed by atoms with E-state index in [9.17, 15) is 0 Å². The molecule has 0 saturated heterocycles. The maximum Gasteiger partial charge on any atom is 0.123 e. The summed E-state index contributed by atoms with van der Waals surface area (Å²) in [4.78, 5) is 1.40. The molecule has 3 rings (SSSR count). The van der Waals surface area contributed by atoms with Gasteiger partial charge in [0.25, 0.3) is 0 Å². The zero-order valence-electron chi connectivity index (χ0n) is 10.3. The molecule has 2 N–H and O–H groups in total. The molecule has 0 spiro atoms. The maximum atomic E-state index is 6.12. The fourth-order valence-electron chi connectivity index (χ4n) is 2.74. The Morgan fingerprint density at radius 3 is 2.89 bits per heavy atom. The smallest absolute Gasteiger partial charge is 0.123 e. The van der Waals surface area contributed by atoms with Crippen LogP contribution in [0.1, 0.15) is 16.9 Å². The van der Waals surface area contributed by atoms with Crippen molar-refractivity contribution >= 4 is 11.3 Å². The van der Waals surface area contributed by atoms with Gasteiger partial charge in [-0.05, 0) is 30.4 Å². The topological polar surface area (TPSA) is 35.2 Å². The van der Waals surface area contributed by atoms with Gasteiger partial charge in [0.2, 0.25) is 0 Å². The van der Waals surface area contributed by atoms with Crippen LogP contribution >= 0.6 is 11.3 Å². The molecule has 0 amide bonds. The van der Waals surface area contributed by atoms with Crippen LogP contribution in [0.5, 0.6) is 5.75 Å². The number of para-hydroxylation sites is 1. The van der Waals surface area contributed by atoms with Crippen LogP contribution in [0.15, 0.2) is 41.8 Å². The predicted octanol–water partition coefficient (Wildman–Crippen LogP) is 2.97. The van der Waals surface area contributed by atoms with Crippen LogP contribution in [-0.4, -0.2) is 13.2 Å². The van der Waals surface area contributed by atoms with E-state index in [1.165, 1.54) is 10.4 Å². The molecule has 1 atom stereocenters. The molecule has 2 nitrogen and oxygen atoms in total. The van der Waals surface area contributed by atoms with Crippen molar-refractivity contribution in [3.63, 3.8) is 0 Å². The Bertz CT molecular complexity index is 523. The van der Waals surface area contributed by atoms with Crippen molar-refractivity contribution in [2.45, 2.75) is 18.3 Å². The highest BCUT2D eigenvalue weighted by molar-refractivity contribution is 7.09. The number of nitrogens with two attached hydrogens (primary N) is 1. The zero-order valence-corrected chi connectivity index (χ0v) is 11.1. The molecule has 0 radical (unpaired) electrons. The number of hydrogen-bond donors (Lipinski definition) is 1. The highest BCUT2D eigenvalue weighted by Gasteiger charge is 2.36. The monoisotopic (exact) mass is 259 g/mol. The molecule has 1 aliphatic heterocycles. The van der Waals surface area contributed by atoms with E-state index in [1.807, 2.05) is 23.5 Å². The van der Waals surface area contributed by atoms with Crippen molar-refractivity contribution in [2.75, 3.05) is 13.2 Å². The van der Waals surface area contributed by atoms with Gasteiger partial charge in [-0.1, -0.05) is 24.3 Å². The molecule has 1 aliphatic rings. The zero-order chi connectivity index (χ0) is 12.4. The minimum absolute atomic E-state index is 0.0414. The van der Waals surface area contributed by atoms with Gasteiger partial charge in [-0.25, -0.2) is 0 Å². The standard InChI is InChI=1S/C15H17NOS/c16-11-15(10-12-4-3-9-18-12)7-8-17-14-6-2-1-5-13(14)15/h1-6,9H,7-8,10-11,16H2. The number of thiophene rings is 1. The molecule has 0 aliphatic carbocycles. The van der Waals surface area contributed by atoms with E-state index in [0.29, 0.717) is 6.54 Å². The van der Waals surface area contributed by atoms with Crippen molar-refractivity contribution in [3.8, 4) is 5.75 Å². The Kier molecular flexibility index (Phi) is 3.10. The van der Waals surface area contributed by atoms with Crippen molar-refractivity contribution in [1.82, 2.24) is 0 Å². The fourth-order valence-corrected chi connectivity index (χ4v) is 3.58. The molecule has 2 aromatic rings. The molecule has 1 unspecified atom stereocenters. The van der Waals surface area contributed by atoms with Gasteiger partial charge in [-0.3, -0.25) is 0 Å². The third-order valence-corrected chi connectivity index (χ3v) is 4.66. The number of ether oxygens (including phenoxy) is 1. The second-order valence-corrected chi connectivity index (χ2v) is 5.87.